The third-order valence-corrected chi connectivity index (χ3v) is 9.23. The van der Waals surface area contributed by atoms with Crippen LogP contribution in [-0.2, 0) is 26.2 Å². The van der Waals surface area contributed by atoms with E-state index >= 15 is 0 Å². The fraction of sp³-hybridized carbons (Fsp3) is 0.355. The Morgan fingerprint density at radius 2 is 1.55 bits per heavy atom. The maximum Gasteiger partial charge on any atom is 0.264 e. The quantitative estimate of drug-likeness (QED) is 0.289. The van der Waals surface area contributed by atoms with Gasteiger partial charge >= 0.3 is 0 Å². The minimum absolute atomic E-state index is 0.0527. The Balaban J connectivity index is 2.08. The van der Waals surface area contributed by atoms with Crippen LogP contribution in [0.3, 0.4) is 0 Å². The maximum absolute atomic E-state index is 14.1. The van der Waals surface area contributed by atoms with Crippen molar-refractivity contribution in [2.24, 2.45) is 0 Å². The van der Waals surface area contributed by atoms with E-state index in [9.17, 15) is 18.0 Å². The summed E-state index contributed by atoms with van der Waals surface area (Å²) in [5.74, 6) is -0.801. The Morgan fingerprint density at radius 1 is 0.900 bits per heavy atom. The number of benzene rings is 3. The summed E-state index contributed by atoms with van der Waals surface area (Å²) in [6, 6.07) is 19.5. The van der Waals surface area contributed by atoms with E-state index in [2.05, 4.69) is 5.32 Å². The predicted octanol–water partition coefficient (Wildman–Crippen LogP) is 5.87. The molecular formula is C31H38ClN3O4S. The number of hydrogen-bond donors (Lipinski definition) is 1. The molecule has 0 aromatic heterocycles. The van der Waals surface area contributed by atoms with Crippen LogP contribution in [0.2, 0.25) is 5.02 Å². The van der Waals surface area contributed by atoms with E-state index in [0.29, 0.717) is 22.7 Å². The van der Waals surface area contributed by atoms with Crippen molar-refractivity contribution in [3.63, 3.8) is 0 Å². The van der Waals surface area contributed by atoms with Crippen molar-refractivity contribution < 1.29 is 18.0 Å². The number of halogens is 1. The first-order valence-corrected chi connectivity index (χ1v) is 15.3. The highest BCUT2D eigenvalue weighted by atomic mass is 35.5. The molecule has 1 N–H and O–H groups in total. The third kappa shape index (κ3) is 7.43. The summed E-state index contributed by atoms with van der Waals surface area (Å²) in [6.45, 7) is 9.09. The van der Waals surface area contributed by atoms with Gasteiger partial charge in [0.15, 0.2) is 0 Å². The molecule has 0 unspecified atom stereocenters. The minimum Gasteiger partial charge on any atom is -0.352 e. The number of nitrogens with one attached hydrogen (secondary N) is 1. The lowest BCUT2D eigenvalue weighted by Crippen LogP contribution is -2.53. The Morgan fingerprint density at radius 3 is 2.15 bits per heavy atom. The topological polar surface area (TPSA) is 86.8 Å². The van der Waals surface area contributed by atoms with E-state index in [1.165, 1.54) is 17.0 Å². The summed E-state index contributed by atoms with van der Waals surface area (Å²) < 4.78 is 28.9. The van der Waals surface area contributed by atoms with Gasteiger partial charge in [-0.2, -0.15) is 0 Å². The predicted molar refractivity (Wildman–Crippen MR) is 161 cm³/mol. The number of carbonyl (C=O) groups is 2. The van der Waals surface area contributed by atoms with Crippen LogP contribution < -0.4 is 9.62 Å². The highest BCUT2D eigenvalue weighted by Crippen LogP contribution is 2.27. The van der Waals surface area contributed by atoms with Crippen molar-refractivity contribution in [2.75, 3.05) is 10.8 Å². The summed E-state index contributed by atoms with van der Waals surface area (Å²) in [5, 5.41) is 3.43. The van der Waals surface area contributed by atoms with Crippen LogP contribution >= 0.6 is 11.6 Å². The molecule has 3 rings (SSSR count). The van der Waals surface area contributed by atoms with Gasteiger partial charge in [-0.05, 0) is 80.6 Å². The molecular weight excluding hydrogens is 546 g/mol. The molecule has 9 heteroatoms. The lowest BCUT2D eigenvalue weighted by Gasteiger charge is -2.34. The number of amides is 2. The van der Waals surface area contributed by atoms with Crippen molar-refractivity contribution in [1.29, 1.82) is 0 Å². The molecule has 3 aromatic rings. The molecule has 2 atom stereocenters. The highest BCUT2D eigenvalue weighted by Gasteiger charge is 2.34. The standard InChI is InChI=1S/C31H38ClN3O4S/c1-6-24(5)33-31(37)29(7-2)34(20-25-13-11-12-16-28(25)32)30(36)21-35(26-18-17-22(3)23(4)19-26)40(38,39)27-14-9-8-10-15-27/h8-19,24,29H,6-7,20-21H2,1-5H3,(H,33,37)/t24-,29-/m1/s1. The average Bonchev–Trinajstić information content (AvgIpc) is 2.94. The number of rotatable bonds is 12. The van der Waals surface area contributed by atoms with Gasteiger partial charge in [-0.3, -0.25) is 13.9 Å². The van der Waals surface area contributed by atoms with Crippen LogP contribution in [0.25, 0.3) is 0 Å². The van der Waals surface area contributed by atoms with Crippen molar-refractivity contribution >= 4 is 39.1 Å². The van der Waals surface area contributed by atoms with Gasteiger partial charge in [-0.1, -0.05) is 67.9 Å². The van der Waals surface area contributed by atoms with Gasteiger partial charge in [0.2, 0.25) is 11.8 Å². The first kappa shape index (κ1) is 31.2. The van der Waals surface area contributed by atoms with Crippen molar-refractivity contribution in [1.82, 2.24) is 10.2 Å². The Kier molecular flexibility index (Phi) is 10.8. The fourth-order valence-electron chi connectivity index (χ4n) is 4.30. The molecule has 0 radical (unpaired) electrons. The van der Waals surface area contributed by atoms with Gasteiger partial charge in [0.1, 0.15) is 12.6 Å². The van der Waals surface area contributed by atoms with E-state index in [1.807, 2.05) is 46.8 Å². The zero-order valence-electron chi connectivity index (χ0n) is 23.7. The third-order valence-electron chi connectivity index (χ3n) is 7.07. The van der Waals surface area contributed by atoms with Crippen LogP contribution in [0.5, 0.6) is 0 Å². The molecule has 0 spiro atoms. The summed E-state index contributed by atoms with van der Waals surface area (Å²) in [7, 11) is -4.11. The van der Waals surface area contributed by atoms with Gasteiger partial charge in [0, 0.05) is 17.6 Å². The van der Waals surface area contributed by atoms with Crippen LogP contribution in [0, 0.1) is 13.8 Å². The lowest BCUT2D eigenvalue weighted by molar-refractivity contribution is -0.140. The molecule has 214 valence electrons. The highest BCUT2D eigenvalue weighted by molar-refractivity contribution is 7.92. The zero-order chi connectivity index (χ0) is 29.4. The zero-order valence-corrected chi connectivity index (χ0v) is 25.3. The van der Waals surface area contributed by atoms with Crippen LogP contribution in [0.1, 0.15) is 50.3 Å². The Hall–Kier alpha value is -3.36. The normalized spacial score (nSPS) is 12.8. The summed E-state index contributed by atoms with van der Waals surface area (Å²) >= 11 is 6.45. The lowest BCUT2D eigenvalue weighted by atomic mass is 10.1. The average molecular weight is 584 g/mol. The molecule has 0 aliphatic rings. The molecule has 0 heterocycles. The van der Waals surface area contributed by atoms with Crippen molar-refractivity contribution in [2.45, 2.75) is 71.0 Å². The molecule has 0 saturated heterocycles. The van der Waals surface area contributed by atoms with Crippen LogP contribution in [-0.4, -0.2) is 43.8 Å². The van der Waals surface area contributed by atoms with E-state index < -0.39 is 28.5 Å². The van der Waals surface area contributed by atoms with E-state index in [-0.39, 0.29) is 23.4 Å². The number of anilines is 1. The smallest absolute Gasteiger partial charge is 0.264 e. The molecule has 0 aliphatic heterocycles. The number of hydrogen-bond acceptors (Lipinski definition) is 4. The Labute approximate surface area is 243 Å². The SMILES string of the molecule is CC[C@@H](C)NC(=O)[C@@H](CC)N(Cc1ccccc1Cl)C(=O)CN(c1ccc(C)c(C)c1)S(=O)(=O)c1ccccc1. The van der Waals surface area contributed by atoms with Crippen LogP contribution in [0.4, 0.5) is 5.69 Å². The van der Waals surface area contributed by atoms with Crippen molar-refractivity contribution in [3.05, 3.63) is 94.5 Å². The second-order valence-corrected chi connectivity index (χ2v) is 12.2. The molecule has 2 amide bonds. The molecule has 0 fully saturated rings. The van der Waals surface area contributed by atoms with Gasteiger partial charge in [-0.15, -0.1) is 0 Å². The molecule has 0 aliphatic carbocycles. The van der Waals surface area contributed by atoms with Gasteiger partial charge < -0.3 is 10.2 Å². The molecule has 40 heavy (non-hydrogen) atoms. The summed E-state index contributed by atoms with van der Waals surface area (Å²) in [5.41, 5.74) is 2.93. The minimum atomic E-state index is -4.11. The van der Waals surface area contributed by atoms with E-state index in [0.717, 1.165) is 21.9 Å². The summed E-state index contributed by atoms with van der Waals surface area (Å²) in [4.78, 5) is 29.0. The largest absolute Gasteiger partial charge is 0.352 e. The number of sulfonamides is 1. The number of carbonyl (C=O) groups excluding carboxylic acids is 2. The molecule has 0 bridgehead atoms. The number of nitrogens with zero attached hydrogens (tertiary/aromatic N) is 2. The fourth-order valence-corrected chi connectivity index (χ4v) is 5.92. The molecule has 7 nitrogen and oxygen atoms in total. The van der Waals surface area contributed by atoms with Gasteiger partial charge in [0.25, 0.3) is 10.0 Å². The first-order chi connectivity index (χ1) is 19.0. The number of aryl methyl sites for hydroxylation is 2. The monoisotopic (exact) mass is 583 g/mol. The Bertz CT molecular complexity index is 1430. The molecule has 0 saturated carbocycles. The van der Waals surface area contributed by atoms with Gasteiger partial charge in [-0.25, -0.2) is 8.42 Å². The first-order valence-electron chi connectivity index (χ1n) is 13.5. The second kappa shape index (κ2) is 13.8. The molecule has 3 aromatic carbocycles. The maximum atomic E-state index is 14.1. The van der Waals surface area contributed by atoms with Gasteiger partial charge in [0.05, 0.1) is 10.6 Å². The van der Waals surface area contributed by atoms with Crippen LogP contribution in [0.15, 0.2) is 77.7 Å². The van der Waals surface area contributed by atoms with Crippen molar-refractivity contribution in [3.8, 4) is 0 Å². The summed E-state index contributed by atoms with van der Waals surface area (Å²) in [6.07, 6.45) is 1.07. The van der Waals surface area contributed by atoms with E-state index in [4.69, 9.17) is 11.6 Å². The van der Waals surface area contributed by atoms with E-state index in [1.54, 1.807) is 48.5 Å². The second-order valence-electron chi connectivity index (χ2n) is 9.95.